The molecular formula is C13H22N4O2. The van der Waals surface area contributed by atoms with E-state index in [-0.39, 0.29) is 11.7 Å². The van der Waals surface area contributed by atoms with Gasteiger partial charge in [-0.15, -0.1) is 0 Å². The van der Waals surface area contributed by atoms with Crippen molar-refractivity contribution in [2.75, 3.05) is 37.7 Å². The van der Waals surface area contributed by atoms with Crippen molar-refractivity contribution in [2.24, 2.45) is 0 Å². The highest BCUT2D eigenvalue weighted by molar-refractivity contribution is 5.42. The molecule has 0 aromatic carbocycles. The first-order valence-electron chi connectivity index (χ1n) is 6.89. The molecule has 0 amide bonds. The lowest BCUT2D eigenvalue weighted by molar-refractivity contribution is 0.0153. The van der Waals surface area contributed by atoms with Crippen molar-refractivity contribution in [3.8, 4) is 0 Å². The number of morpholine rings is 1. The number of hydrogen-bond acceptors (Lipinski definition) is 5. The Labute approximate surface area is 113 Å². The van der Waals surface area contributed by atoms with Gasteiger partial charge in [-0.3, -0.25) is 4.79 Å². The van der Waals surface area contributed by atoms with E-state index in [0.717, 1.165) is 31.9 Å². The van der Waals surface area contributed by atoms with Crippen LogP contribution in [-0.4, -0.2) is 48.7 Å². The van der Waals surface area contributed by atoms with E-state index >= 15 is 0 Å². The third-order valence-corrected chi connectivity index (χ3v) is 3.36. The molecule has 1 aliphatic rings. The minimum atomic E-state index is -0.0708. The summed E-state index contributed by atoms with van der Waals surface area (Å²) < 4.78 is 7.06. The molecule has 1 fully saturated rings. The van der Waals surface area contributed by atoms with Gasteiger partial charge in [0.1, 0.15) is 0 Å². The molecule has 1 aromatic rings. The first-order valence-corrected chi connectivity index (χ1v) is 6.89. The van der Waals surface area contributed by atoms with Gasteiger partial charge in [-0.05, 0) is 13.8 Å². The minimum absolute atomic E-state index is 0.0262. The lowest BCUT2D eigenvalue weighted by Crippen LogP contribution is -2.42. The van der Waals surface area contributed by atoms with Crippen LogP contribution in [0.25, 0.3) is 0 Å². The summed E-state index contributed by atoms with van der Waals surface area (Å²) >= 11 is 0. The maximum absolute atomic E-state index is 12.0. The fraction of sp³-hybridized carbons (Fsp3) is 0.692. The summed E-state index contributed by atoms with van der Waals surface area (Å²) in [4.78, 5) is 14.2. The summed E-state index contributed by atoms with van der Waals surface area (Å²) in [5.41, 5.74) is 0.813. The van der Waals surface area contributed by atoms with Gasteiger partial charge in [0, 0.05) is 32.2 Å². The van der Waals surface area contributed by atoms with Crippen molar-refractivity contribution in [3.63, 3.8) is 0 Å². The molecule has 0 radical (unpaired) electrons. The monoisotopic (exact) mass is 266 g/mol. The van der Waals surface area contributed by atoms with Gasteiger partial charge in [-0.1, -0.05) is 0 Å². The fourth-order valence-corrected chi connectivity index (χ4v) is 2.25. The molecule has 106 valence electrons. The number of rotatable bonds is 5. The molecule has 0 saturated carbocycles. The summed E-state index contributed by atoms with van der Waals surface area (Å²) in [5, 5.41) is 7.49. The molecule has 0 spiro atoms. The van der Waals surface area contributed by atoms with Crippen LogP contribution in [0.2, 0.25) is 0 Å². The normalized spacial score (nSPS) is 19.4. The van der Waals surface area contributed by atoms with Gasteiger partial charge in [-0.25, -0.2) is 4.68 Å². The van der Waals surface area contributed by atoms with Crippen molar-refractivity contribution in [3.05, 3.63) is 22.6 Å². The Hall–Kier alpha value is -1.40. The molecule has 19 heavy (non-hydrogen) atoms. The highest BCUT2D eigenvalue weighted by Crippen LogP contribution is 2.08. The summed E-state index contributed by atoms with van der Waals surface area (Å²) in [6, 6.07) is 1.65. The zero-order chi connectivity index (χ0) is 13.7. The molecule has 1 N–H and O–H groups in total. The van der Waals surface area contributed by atoms with Crippen molar-refractivity contribution >= 4 is 5.69 Å². The summed E-state index contributed by atoms with van der Waals surface area (Å²) in [5.74, 6) is 0. The Bertz CT molecular complexity index is 450. The topological polar surface area (TPSA) is 59.4 Å². The average Bonchev–Trinajstić information content (AvgIpc) is 2.44. The predicted octanol–water partition coefficient (Wildman–Crippen LogP) is 0.0779. The average molecular weight is 266 g/mol. The van der Waals surface area contributed by atoms with Gasteiger partial charge >= 0.3 is 0 Å². The van der Waals surface area contributed by atoms with Crippen LogP contribution >= 0.6 is 0 Å². The summed E-state index contributed by atoms with van der Waals surface area (Å²) in [6.45, 7) is 8.72. The Morgan fingerprint density at radius 2 is 2.32 bits per heavy atom. The molecule has 1 unspecified atom stereocenters. The van der Waals surface area contributed by atoms with Crippen molar-refractivity contribution < 1.29 is 4.74 Å². The zero-order valence-electron chi connectivity index (χ0n) is 11.6. The van der Waals surface area contributed by atoms with Gasteiger partial charge in [-0.2, -0.15) is 5.10 Å². The van der Waals surface area contributed by atoms with Crippen molar-refractivity contribution in [2.45, 2.75) is 26.5 Å². The second-order valence-corrected chi connectivity index (χ2v) is 4.60. The largest absolute Gasteiger partial charge is 0.374 e. The van der Waals surface area contributed by atoms with E-state index in [1.54, 1.807) is 12.3 Å². The van der Waals surface area contributed by atoms with Gasteiger partial charge in [0.25, 0.3) is 5.56 Å². The van der Waals surface area contributed by atoms with E-state index in [1.165, 1.54) is 4.68 Å². The van der Waals surface area contributed by atoms with Crippen LogP contribution in [0.5, 0.6) is 0 Å². The standard InChI is InChI=1S/C13H22N4O2/c1-3-16(4-2)11-7-13(18)17(15-8-11)10-12-9-14-5-6-19-12/h7-8,12,14H,3-6,9-10H2,1-2H3. The molecule has 0 bridgehead atoms. The predicted molar refractivity (Wildman–Crippen MR) is 74.7 cm³/mol. The van der Waals surface area contributed by atoms with E-state index < -0.39 is 0 Å². The van der Waals surface area contributed by atoms with E-state index in [9.17, 15) is 4.79 Å². The first-order chi connectivity index (χ1) is 9.24. The zero-order valence-corrected chi connectivity index (χ0v) is 11.6. The minimum Gasteiger partial charge on any atom is -0.374 e. The molecule has 6 nitrogen and oxygen atoms in total. The van der Waals surface area contributed by atoms with Crippen molar-refractivity contribution in [1.82, 2.24) is 15.1 Å². The maximum atomic E-state index is 12.0. The van der Waals surface area contributed by atoms with Crippen LogP contribution < -0.4 is 15.8 Å². The Kier molecular flexibility index (Phi) is 4.93. The molecule has 2 heterocycles. The molecule has 1 aliphatic heterocycles. The third-order valence-electron chi connectivity index (χ3n) is 3.36. The Morgan fingerprint density at radius 1 is 1.53 bits per heavy atom. The number of ether oxygens (including phenoxy) is 1. The van der Waals surface area contributed by atoms with Crippen LogP contribution in [0, 0.1) is 0 Å². The van der Waals surface area contributed by atoms with Gasteiger partial charge in [0.05, 0.1) is 31.1 Å². The second kappa shape index (κ2) is 6.68. The third kappa shape index (κ3) is 3.54. The Balaban J connectivity index is 2.08. The van der Waals surface area contributed by atoms with Crippen LogP contribution in [0.3, 0.4) is 0 Å². The first kappa shape index (κ1) is 14.0. The van der Waals surface area contributed by atoms with Gasteiger partial charge in [0.2, 0.25) is 0 Å². The number of nitrogens with one attached hydrogen (secondary N) is 1. The van der Waals surface area contributed by atoms with Gasteiger partial charge in [0.15, 0.2) is 0 Å². The molecule has 1 atom stereocenters. The van der Waals surface area contributed by atoms with E-state index in [2.05, 4.69) is 29.2 Å². The van der Waals surface area contributed by atoms with E-state index in [4.69, 9.17) is 4.74 Å². The molecule has 2 rings (SSSR count). The second-order valence-electron chi connectivity index (χ2n) is 4.60. The SMILES string of the molecule is CCN(CC)c1cnn(CC2CNCCO2)c(=O)c1. The number of aromatic nitrogens is 2. The van der Waals surface area contributed by atoms with Crippen LogP contribution in [0.4, 0.5) is 5.69 Å². The molecule has 6 heteroatoms. The number of nitrogens with zero attached hydrogens (tertiary/aromatic N) is 3. The van der Waals surface area contributed by atoms with E-state index in [0.29, 0.717) is 13.2 Å². The molecular weight excluding hydrogens is 244 g/mol. The Morgan fingerprint density at radius 3 is 2.89 bits per heavy atom. The summed E-state index contributed by atoms with van der Waals surface area (Å²) in [6.07, 6.45) is 1.78. The van der Waals surface area contributed by atoms with Crippen molar-refractivity contribution in [1.29, 1.82) is 0 Å². The van der Waals surface area contributed by atoms with Crippen LogP contribution in [0.15, 0.2) is 17.1 Å². The fourth-order valence-electron chi connectivity index (χ4n) is 2.25. The van der Waals surface area contributed by atoms with E-state index in [1.807, 2.05) is 0 Å². The lowest BCUT2D eigenvalue weighted by atomic mass is 10.3. The summed E-state index contributed by atoms with van der Waals surface area (Å²) in [7, 11) is 0. The maximum Gasteiger partial charge on any atom is 0.268 e. The van der Waals surface area contributed by atoms with Crippen LogP contribution in [0.1, 0.15) is 13.8 Å². The number of anilines is 1. The van der Waals surface area contributed by atoms with Crippen LogP contribution in [-0.2, 0) is 11.3 Å². The van der Waals surface area contributed by atoms with Gasteiger partial charge < -0.3 is 15.0 Å². The number of hydrogen-bond donors (Lipinski definition) is 1. The molecule has 1 saturated heterocycles. The molecule has 0 aliphatic carbocycles. The highest BCUT2D eigenvalue weighted by atomic mass is 16.5. The molecule has 1 aromatic heterocycles. The highest BCUT2D eigenvalue weighted by Gasteiger charge is 2.15. The quantitative estimate of drug-likeness (QED) is 0.818. The lowest BCUT2D eigenvalue weighted by Gasteiger charge is -2.24. The smallest absolute Gasteiger partial charge is 0.268 e.